The summed E-state index contributed by atoms with van der Waals surface area (Å²) in [6.45, 7) is 8.53. The number of aromatic nitrogens is 2. The molecule has 7 heteroatoms. The lowest BCUT2D eigenvalue weighted by Crippen LogP contribution is -2.47. The number of nitrogens with one attached hydrogen (secondary N) is 1. The molecule has 1 aliphatic rings. The molecule has 2 aromatic heterocycles. The van der Waals surface area contributed by atoms with Crippen molar-refractivity contribution in [2.24, 2.45) is 0 Å². The van der Waals surface area contributed by atoms with Gasteiger partial charge in [0.1, 0.15) is 5.82 Å². The first kappa shape index (κ1) is 18.8. The Morgan fingerprint density at radius 2 is 1.93 bits per heavy atom. The molecule has 4 rings (SSSR count). The summed E-state index contributed by atoms with van der Waals surface area (Å²) in [5.41, 5.74) is 2.73. The lowest BCUT2D eigenvalue weighted by atomic mass is 10.2. The third kappa shape index (κ3) is 4.15. The van der Waals surface area contributed by atoms with Gasteiger partial charge >= 0.3 is 0 Å². The normalized spacial score (nSPS) is 15.1. The van der Waals surface area contributed by atoms with Crippen molar-refractivity contribution in [1.29, 1.82) is 0 Å². The molecule has 0 aliphatic carbocycles. The average Bonchev–Trinajstić information content (AvgIpc) is 3.12. The summed E-state index contributed by atoms with van der Waals surface area (Å²) in [6, 6.07) is 12.4. The van der Waals surface area contributed by atoms with Crippen molar-refractivity contribution in [2.75, 3.05) is 42.9 Å². The van der Waals surface area contributed by atoms with Gasteiger partial charge in [-0.25, -0.2) is 0 Å². The molecule has 1 fully saturated rings. The van der Waals surface area contributed by atoms with Gasteiger partial charge in [-0.05, 0) is 42.7 Å². The van der Waals surface area contributed by atoms with E-state index in [4.69, 9.17) is 0 Å². The van der Waals surface area contributed by atoms with Crippen LogP contribution < -0.4 is 10.2 Å². The maximum absolute atomic E-state index is 11.2. The van der Waals surface area contributed by atoms with Crippen molar-refractivity contribution in [3.63, 3.8) is 0 Å². The third-order valence-electron chi connectivity index (χ3n) is 5.17. The number of rotatable bonds is 5. The molecule has 0 atom stereocenters. The fourth-order valence-electron chi connectivity index (χ4n) is 3.63. The predicted octanol–water partition coefficient (Wildman–Crippen LogP) is 3.32. The second kappa shape index (κ2) is 8.24. The molecule has 0 spiro atoms. The molecule has 6 nitrogen and oxygen atoms in total. The lowest BCUT2D eigenvalue weighted by Gasteiger charge is -2.35. The van der Waals surface area contributed by atoms with Gasteiger partial charge in [0, 0.05) is 57.1 Å². The van der Waals surface area contributed by atoms with Crippen molar-refractivity contribution in [2.45, 2.75) is 20.3 Å². The van der Waals surface area contributed by atoms with Crippen LogP contribution in [-0.4, -0.2) is 52.9 Å². The number of nitrogens with zero attached hydrogens (tertiary/aromatic N) is 4. The predicted molar refractivity (Wildman–Crippen MR) is 115 cm³/mol. The van der Waals surface area contributed by atoms with Gasteiger partial charge in [-0.15, -0.1) is 0 Å². The van der Waals surface area contributed by atoms with Crippen LogP contribution in [0.25, 0.3) is 10.1 Å². The minimum atomic E-state index is -0.0663. The van der Waals surface area contributed by atoms with E-state index in [1.807, 2.05) is 19.1 Å². The number of aryl methyl sites for hydroxylation is 1. The first-order chi connectivity index (χ1) is 13.6. The summed E-state index contributed by atoms with van der Waals surface area (Å²) in [4.78, 5) is 20.7. The Hall–Kier alpha value is -2.51. The summed E-state index contributed by atoms with van der Waals surface area (Å²) in [7, 11) is 0. The van der Waals surface area contributed by atoms with Gasteiger partial charge in [0.25, 0.3) is 0 Å². The zero-order valence-electron chi connectivity index (χ0n) is 16.3. The average molecular weight is 396 g/mol. The minimum Gasteiger partial charge on any atom is -0.353 e. The summed E-state index contributed by atoms with van der Waals surface area (Å²) in [6.07, 6.45) is 0.917. The quantitative estimate of drug-likeness (QED) is 0.718. The van der Waals surface area contributed by atoms with E-state index in [2.05, 4.69) is 48.7 Å². The molecule has 3 aromatic rings. The highest BCUT2D eigenvalue weighted by Gasteiger charge is 2.20. The highest BCUT2D eigenvalue weighted by atomic mass is 32.1. The van der Waals surface area contributed by atoms with Crippen molar-refractivity contribution in [3.05, 3.63) is 47.8 Å². The Bertz CT molecular complexity index is 978. The van der Waals surface area contributed by atoms with Gasteiger partial charge in [0.05, 0.1) is 16.1 Å². The topological polar surface area (TPSA) is 61.4 Å². The number of pyridine rings is 1. The second-order valence-corrected chi connectivity index (χ2v) is 8.00. The van der Waals surface area contributed by atoms with E-state index in [1.165, 1.54) is 17.0 Å². The molecule has 0 saturated carbocycles. The SMILES string of the molecule is CC(=O)Nc1ccc(CCN2CCN(c3nsc4ccccc34)CC2)nc1C. The summed E-state index contributed by atoms with van der Waals surface area (Å²) in [5.74, 6) is 1.06. The van der Waals surface area contributed by atoms with Crippen LogP contribution in [0.2, 0.25) is 0 Å². The van der Waals surface area contributed by atoms with Crippen LogP contribution in [-0.2, 0) is 11.2 Å². The van der Waals surface area contributed by atoms with Gasteiger partial charge in [0.2, 0.25) is 5.91 Å². The number of carbonyl (C=O) groups excluding carboxylic acids is 1. The maximum atomic E-state index is 11.2. The Kier molecular flexibility index (Phi) is 5.54. The van der Waals surface area contributed by atoms with Crippen LogP contribution in [0.1, 0.15) is 18.3 Å². The molecular weight excluding hydrogens is 370 g/mol. The van der Waals surface area contributed by atoms with E-state index < -0.39 is 0 Å². The second-order valence-electron chi connectivity index (χ2n) is 7.20. The molecule has 0 unspecified atom stereocenters. The van der Waals surface area contributed by atoms with E-state index in [9.17, 15) is 4.79 Å². The maximum Gasteiger partial charge on any atom is 0.221 e. The molecule has 1 saturated heterocycles. The number of piperazine rings is 1. The van der Waals surface area contributed by atoms with Crippen LogP contribution >= 0.6 is 11.5 Å². The number of benzene rings is 1. The molecule has 1 aromatic carbocycles. The van der Waals surface area contributed by atoms with Crippen molar-refractivity contribution < 1.29 is 4.79 Å². The molecule has 3 heterocycles. The van der Waals surface area contributed by atoms with Crippen molar-refractivity contribution in [1.82, 2.24) is 14.3 Å². The Morgan fingerprint density at radius 1 is 1.14 bits per heavy atom. The van der Waals surface area contributed by atoms with Gasteiger partial charge in [-0.2, -0.15) is 4.37 Å². The summed E-state index contributed by atoms with van der Waals surface area (Å²) >= 11 is 1.58. The smallest absolute Gasteiger partial charge is 0.221 e. The first-order valence-corrected chi connectivity index (χ1v) is 10.4. The van der Waals surface area contributed by atoms with Crippen molar-refractivity contribution in [3.8, 4) is 0 Å². The summed E-state index contributed by atoms with van der Waals surface area (Å²) < 4.78 is 5.94. The van der Waals surface area contributed by atoms with E-state index in [0.29, 0.717) is 0 Å². The Morgan fingerprint density at radius 3 is 2.68 bits per heavy atom. The van der Waals surface area contributed by atoms with E-state index in [0.717, 1.165) is 62.0 Å². The first-order valence-electron chi connectivity index (χ1n) is 9.66. The van der Waals surface area contributed by atoms with Crippen molar-refractivity contribution >= 4 is 39.0 Å². The summed E-state index contributed by atoms with van der Waals surface area (Å²) in [5, 5.41) is 4.08. The minimum absolute atomic E-state index is 0.0663. The monoisotopic (exact) mass is 395 g/mol. The van der Waals surface area contributed by atoms with E-state index >= 15 is 0 Å². The molecule has 1 N–H and O–H groups in total. The number of amides is 1. The Balaban J connectivity index is 1.31. The van der Waals surface area contributed by atoms with Gasteiger partial charge in [-0.3, -0.25) is 14.7 Å². The largest absolute Gasteiger partial charge is 0.353 e. The Labute approximate surface area is 169 Å². The zero-order chi connectivity index (χ0) is 19.5. The molecule has 1 aliphatic heterocycles. The van der Waals surface area contributed by atoms with Crippen LogP contribution in [0.5, 0.6) is 0 Å². The highest BCUT2D eigenvalue weighted by Crippen LogP contribution is 2.29. The number of hydrogen-bond donors (Lipinski definition) is 1. The molecular formula is C21H25N5OS. The van der Waals surface area contributed by atoms with E-state index in [1.54, 1.807) is 11.5 Å². The molecule has 146 valence electrons. The highest BCUT2D eigenvalue weighted by molar-refractivity contribution is 7.13. The van der Waals surface area contributed by atoms with Gasteiger partial charge in [-0.1, -0.05) is 12.1 Å². The number of anilines is 2. The zero-order valence-corrected chi connectivity index (χ0v) is 17.1. The molecule has 0 bridgehead atoms. The lowest BCUT2D eigenvalue weighted by molar-refractivity contribution is -0.114. The van der Waals surface area contributed by atoms with Crippen LogP contribution in [0.4, 0.5) is 11.5 Å². The van der Waals surface area contributed by atoms with E-state index in [-0.39, 0.29) is 5.91 Å². The molecule has 0 radical (unpaired) electrons. The molecule has 1 amide bonds. The molecule has 28 heavy (non-hydrogen) atoms. The number of hydrogen-bond acceptors (Lipinski definition) is 6. The van der Waals surface area contributed by atoms with Gasteiger partial charge in [0.15, 0.2) is 0 Å². The fraction of sp³-hybridized carbons (Fsp3) is 0.381. The van der Waals surface area contributed by atoms with Crippen LogP contribution in [0.3, 0.4) is 0 Å². The van der Waals surface area contributed by atoms with Crippen LogP contribution in [0.15, 0.2) is 36.4 Å². The fourth-order valence-corrected chi connectivity index (χ4v) is 4.43. The van der Waals surface area contributed by atoms with Crippen LogP contribution in [0, 0.1) is 6.92 Å². The standard InChI is InChI=1S/C21H25N5OS/c1-15-19(23-16(2)27)8-7-17(22-15)9-10-25-11-13-26(14-12-25)21-18-5-3-4-6-20(18)28-24-21/h3-8H,9-14H2,1-2H3,(H,23,27). The number of fused-ring (bicyclic) bond motifs is 1. The number of carbonyl (C=O) groups is 1. The third-order valence-corrected chi connectivity index (χ3v) is 5.99. The van der Waals surface area contributed by atoms with Gasteiger partial charge < -0.3 is 10.2 Å².